The second-order valence-electron chi connectivity index (χ2n) is 11.2. The average Bonchev–Trinajstić information content (AvgIpc) is 3.49. The van der Waals surface area contributed by atoms with Gasteiger partial charge >= 0.3 is 0 Å². The minimum atomic E-state index is -0.847. The van der Waals surface area contributed by atoms with Gasteiger partial charge in [-0.05, 0) is 82.2 Å². The Morgan fingerprint density at radius 2 is 1.81 bits per heavy atom. The normalized spacial score (nSPS) is 16.7. The molecule has 1 saturated heterocycles. The van der Waals surface area contributed by atoms with Gasteiger partial charge in [0.1, 0.15) is 29.8 Å². The highest BCUT2D eigenvalue weighted by atomic mass is 16.5. The summed E-state index contributed by atoms with van der Waals surface area (Å²) in [4.78, 5) is 53.6. The fraction of sp³-hybridized carbons (Fsp3) is 0.355. The first-order chi connectivity index (χ1) is 20.2. The van der Waals surface area contributed by atoms with Crippen LogP contribution in [0.2, 0.25) is 0 Å². The maximum Gasteiger partial charge on any atom is 0.261 e. The van der Waals surface area contributed by atoms with Crippen LogP contribution < -0.4 is 15.6 Å². The molecule has 1 atom stereocenters. The summed E-state index contributed by atoms with van der Waals surface area (Å²) in [5, 5.41) is 13.7. The number of carbonyl (C=O) groups is 2. The average molecular weight is 571 g/mol. The minimum Gasteiger partial charge on any atom is -0.491 e. The zero-order chi connectivity index (χ0) is 29.5. The van der Waals surface area contributed by atoms with E-state index in [4.69, 9.17) is 4.74 Å². The third-order valence-electron chi connectivity index (χ3n) is 8.07. The van der Waals surface area contributed by atoms with Crippen LogP contribution in [0, 0.1) is 13.8 Å². The highest BCUT2D eigenvalue weighted by Crippen LogP contribution is 2.32. The van der Waals surface area contributed by atoms with Crippen LogP contribution in [-0.2, 0) is 0 Å². The van der Waals surface area contributed by atoms with Gasteiger partial charge in [-0.1, -0.05) is 12.1 Å². The van der Waals surface area contributed by atoms with E-state index in [1.54, 1.807) is 18.2 Å². The third-order valence-corrected chi connectivity index (χ3v) is 8.07. The Bertz CT molecular complexity index is 1680. The maximum absolute atomic E-state index is 13.3. The van der Waals surface area contributed by atoms with Crippen molar-refractivity contribution < 1.29 is 19.4 Å². The number of aliphatic hydroxyl groups excluding tert-OH is 1. The number of imide groups is 1. The molecule has 42 heavy (non-hydrogen) atoms. The van der Waals surface area contributed by atoms with Crippen molar-refractivity contribution in [2.24, 2.45) is 0 Å². The third kappa shape index (κ3) is 5.17. The van der Waals surface area contributed by atoms with E-state index in [9.17, 15) is 19.5 Å². The van der Waals surface area contributed by atoms with E-state index in [1.807, 2.05) is 39.1 Å². The summed E-state index contributed by atoms with van der Waals surface area (Å²) in [5.74, 6) is 0.408. The molecule has 0 bridgehead atoms. The number of hydrogen-bond acceptors (Lipinski definition) is 8. The molecule has 2 aliphatic heterocycles. The van der Waals surface area contributed by atoms with Gasteiger partial charge < -0.3 is 30.0 Å². The lowest BCUT2D eigenvalue weighted by molar-refractivity contribution is 0.0516. The molecular formula is C31H34N6O5. The number of ether oxygens (including phenoxy) is 1. The molecule has 0 aliphatic carbocycles. The lowest BCUT2D eigenvalue weighted by atomic mass is 10.0. The number of aromatic nitrogens is 3. The minimum absolute atomic E-state index is 0.0721. The van der Waals surface area contributed by atoms with E-state index in [1.165, 1.54) is 11.1 Å². The Hall–Kier alpha value is -4.48. The first-order valence-electron chi connectivity index (χ1n) is 14.1. The van der Waals surface area contributed by atoms with Crippen LogP contribution in [-0.4, -0.2) is 87.1 Å². The second-order valence-corrected chi connectivity index (χ2v) is 11.2. The van der Waals surface area contributed by atoms with Crippen molar-refractivity contribution in [3.63, 3.8) is 0 Å². The number of pyridine rings is 1. The number of hydrogen-bond donors (Lipinski definition) is 4. The van der Waals surface area contributed by atoms with E-state index < -0.39 is 6.10 Å². The van der Waals surface area contributed by atoms with Crippen LogP contribution >= 0.6 is 0 Å². The molecule has 0 saturated carbocycles. The molecule has 218 valence electrons. The Morgan fingerprint density at radius 3 is 2.57 bits per heavy atom. The van der Waals surface area contributed by atoms with E-state index in [2.05, 4.69) is 25.2 Å². The van der Waals surface area contributed by atoms with Gasteiger partial charge in [0.25, 0.3) is 17.4 Å². The zero-order valence-electron chi connectivity index (χ0n) is 23.9. The predicted molar refractivity (Wildman–Crippen MR) is 159 cm³/mol. The van der Waals surface area contributed by atoms with Crippen molar-refractivity contribution in [3.05, 3.63) is 75.2 Å². The molecule has 11 nitrogen and oxygen atoms in total. The standard InChI is InChI=1S/C31H34N6O5/c1-17-4-5-18(2)26(12-17)42-16-20(38)15-33-23-6-9-32-29(39)27(23)28-34-24-13-21-22(14-25(24)35-28)31(41)37(30(21)40)19-7-10-36(3)11-8-19/h4-6,9,12-14,19-20,38H,7-8,10-11,15-16H2,1-3H3,(H,34,35)(H2,32,33,39). The van der Waals surface area contributed by atoms with Crippen LogP contribution in [0.3, 0.4) is 0 Å². The number of amides is 2. The number of anilines is 1. The molecule has 4 heterocycles. The number of aromatic amines is 2. The van der Waals surface area contributed by atoms with Crippen molar-refractivity contribution in [1.29, 1.82) is 0 Å². The predicted octanol–water partition coefficient (Wildman–Crippen LogP) is 3.08. The summed E-state index contributed by atoms with van der Waals surface area (Å²) in [6, 6.07) is 10.7. The first kappa shape index (κ1) is 27.7. The number of H-pyrrole nitrogens is 2. The lowest BCUT2D eigenvalue weighted by Gasteiger charge is -2.33. The number of fused-ring (bicyclic) bond motifs is 2. The van der Waals surface area contributed by atoms with Crippen molar-refractivity contribution in [2.75, 3.05) is 38.6 Å². The van der Waals surface area contributed by atoms with Crippen LogP contribution in [0.5, 0.6) is 5.75 Å². The topological polar surface area (TPSA) is 144 Å². The van der Waals surface area contributed by atoms with Gasteiger partial charge in [-0.15, -0.1) is 0 Å². The molecule has 1 unspecified atom stereocenters. The highest BCUT2D eigenvalue weighted by Gasteiger charge is 2.41. The fourth-order valence-corrected chi connectivity index (χ4v) is 5.66. The molecule has 0 spiro atoms. The van der Waals surface area contributed by atoms with Gasteiger partial charge in [-0.3, -0.25) is 19.3 Å². The van der Waals surface area contributed by atoms with Gasteiger partial charge in [-0.2, -0.15) is 0 Å². The number of nitrogens with zero attached hydrogens (tertiary/aromatic N) is 3. The molecule has 6 rings (SSSR count). The number of imidazole rings is 1. The summed E-state index contributed by atoms with van der Waals surface area (Å²) in [7, 11) is 2.03. The van der Waals surface area contributed by atoms with Crippen molar-refractivity contribution >= 4 is 28.5 Å². The van der Waals surface area contributed by atoms with Gasteiger partial charge in [0, 0.05) is 18.8 Å². The van der Waals surface area contributed by atoms with Crippen LogP contribution in [0.4, 0.5) is 5.69 Å². The molecule has 1 fully saturated rings. The van der Waals surface area contributed by atoms with Crippen molar-refractivity contribution in [3.8, 4) is 17.1 Å². The van der Waals surface area contributed by atoms with E-state index in [0.29, 0.717) is 33.6 Å². The van der Waals surface area contributed by atoms with Gasteiger partial charge in [0.2, 0.25) is 0 Å². The number of aryl methyl sites for hydroxylation is 2. The summed E-state index contributed by atoms with van der Waals surface area (Å²) in [6.07, 6.45) is 2.17. The van der Waals surface area contributed by atoms with E-state index >= 15 is 0 Å². The number of aliphatic hydroxyl groups is 1. The quantitative estimate of drug-likeness (QED) is 0.237. The Morgan fingerprint density at radius 1 is 1.07 bits per heavy atom. The number of benzene rings is 2. The molecule has 2 aliphatic rings. The van der Waals surface area contributed by atoms with Gasteiger partial charge in [-0.25, -0.2) is 4.98 Å². The number of nitrogens with one attached hydrogen (secondary N) is 3. The molecule has 2 aromatic heterocycles. The van der Waals surface area contributed by atoms with Crippen LogP contribution in [0.1, 0.15) is 44.7 Å². The van der Waals surface area contributed by atoms with E-state index in [0.717, 1.165) is 37.1 Å². The lowest BCUT2D eigenvalue weighted by Crippen LogP contribution is -2.46. The molecule has 2 amide bonds. The van der Waals surface area contributed by atoms with Crippen molar-refractivity contribution in [1.82, 2.24) is 24.8 Å². The largest absolute Gasteiger partial charge is 0.491 e. The number of piperidine rings is 1. The van der Waals surface area contributed by atoms with Gasteiger partial charge in [0.15, 0.2) is 0 Å². The molecule has 4 N–H and O–H groups in total. The fourth-order valence-electron chi connectivity index (χ4n) is 5.66. The van der Waals surface area contributed by atoms with Gasteiger partial charge in [0.05, 0.1) is 27.8 Å². The summed E-state index contributed by atoms with van der Waals surface area (Å²) < 4.78 is 5.82. The second kappa shape index (κ2) is 11.1. The molecule has 2 aromatic carbocycles. The van der Waals surface area contributed by atoms with E-state index in [-0.39, 0.29) is 48.0 Å². The smallest absolute Gasteiger partial charge is 0.261 e. The Kier molecular flexibility index (Phi) is 7.29. The number of likely N-dealkylation sites (tertiary alicyclic amines) is 1. The summed E-state index contributed by atoms with van der Waals surface area (Å²) >= 11 is 0. The molecule has 0 radical (unpaired) electrons. The molecule has 4 aromatic rings. The van der Waals surface area contributed by atoms with Crippen molar-refractivity contribution in [2.45, 2.75) is 38.8 Å². The summed E-state index contributed by atoms with van der Waals surface area (Å²) in [5.41, 5.74) is 4.08. The Labute approximate surface area is 242 Å². The Balaban J connectivity index is 1.21. The first-order valence-corrected chi connectivity index (χ1v) is 14.1. The molecule has 11 heteroatoms. The number of rotatable bonds is 8. The highest BCUT2D eigenvalue weighted by molar-refractivity contribution is 6.23. The summed E-state index contributed by atoms with van der Waals surface area (Å²) in [6.45, 7) is 5.80. The number of carbonyl (C=O) groups excluding carboxylic acids is 2. The molecular weight excluding hydrogens is 536 g/mol. The maximum atomic E-state index is 13.3. The van der Waals surface area contributed by atoms with Crippen LogP contribution in [0.25, 0.3) is 22.4 Å². The SMILES string of the molecule is Cc1ccc(C)c(OCC(O)CNc2cc[nH]c(=O)c2-c2nc3cc4c(cc3[nH]2)C(=O)N(C2CCN(C)CC2)C4=O)c1. The monoisotopic (exact) mass is 570 g/mol. The van der Waals surface area contributed by atoms with Crippen LogP contribution in [0.15, 0.2) is 47.4 Å². The zero-order valence-corrected chi connectivity index (χ0v) is 23.9.